The van der Waals surface area contributed by atoms with Gasteiger partial charge in [-0.1, -0.05) is 74.5 Å². The lowest BCUT2D eigenvalue weighted by atomic mass is 9.81. The Kier molecular flexibility index (Phi) is 6.09. The van der Waals surface area contributed by atoms with Crippen molar-refractivity contribution >= 4 is 0 Å². The lowest BCUT2D eigenvalue weighted by Crippen LogP contribution is -2.41. The molecule has 1 heterocycles. The van der Waals surface area contributed by atoms with Crippen LogP contribution < -0.4 is 0 Å². The SMILES string of the molecule is C[C](C)C[C@H]1CC(Cc2ccccc2)CN(Cc2ccccc2)C1. The average Bonchev–Trinajstić information content (AvgIpc) is 2.56. The summed E-state index contributed by atoms with van der Waals surface area (Å²) in [5.74, 6) is 3.15. The van der Waals surface area contributed by atoms with Gasteiger partial charge >= 0.3 is 0 Å². The maximum Gasteiger partial charge on any atom is 0.0233 e. The summed E-state index contributed by atoms with van der Waals surface area (Å²) in [6, 6.07) is 21.9. The first kappa shape index (κ1) is 17.2. The molecule has 1 aliphatic rings. The molecular formula is C23H30N. The lowest BCUT2D eigenvalue weighted by molar-refractivity contribution is 0.115. The highest BCUT2D eigenvalue weighted by atomic mass is 15.1. The van der Waals surface area contributed by atoms with Crippen molar-refractivity contribution in [3.63, 3.8) is 0 Å². The molecule has 127 valence electrons. The van der Waals surface area contributed by atoms with Crippen LogP contribution in [-0.4, -0.2) is 18.0 Å². The summed E-state index contributed by atoms with van der Waals surface area (Å²) in [4.78, 5) is 2.68. The Hall–Kier alpha value is -1.60. The van der Waals surface area contributed by atoms with Gasteiger partial charge in [-0.3, -0.25) is 4.90 Å². The average molecular weight is 321 g/mol. The second kappa shape index (κ2) is 8.48. The largest absolute Gasteiger partial charge is 0.299 e. The van der Waals surface area contributed by atoms with Crippen LogP contribution in [-0.2, 0) is 13.0 Å². The van der Waals surface area contributed by atoms with E-state index in [1.54, 1.807) is 5.92 Å². The first-order valence-corrected chi connectivity index (χ1v) is 9.28. The Morgan fingerprint density at radius 2 is 1.42 bits per heavy atom. The van der Waals surface area contributed by atoms with E-state index in [1.165, 1.54) is 43.5 Å². The van der Waals surface area contributed by atoms with Crippen molar-refractivity contribution in [2.75, 3.05) is 13.1 Å². The molecule has 2 aromatic carbocycles. The normalized spacial score (nSPS) is 22.0. The molecule has 1 heteroatoms. The quantitative estimate of drug-likeness (QED) is 0.691. The van der Waals surface area contributed by atoms with Gasteiger partial charge in [0, 0.05) is 19.6 Å². The third-order valence-electron chi connectivity index (χ3n) is 5.01. The van der Waals surface area contributed by atoms with Crippen LogP contribution in [0.5, 0.6) is 0 Å². The zero-order valence-corrected chi connectivity index (χ0v) is 15.1. The minimum Gasteiger partial charge on any atom is -0.299 e. The predicted molar refractivity (Wildman–Crippen MR) is 103 cm³/mol. The van der Waals surface area contributed by atoms with Crippen molar-refractivity contribution < 1.29 is 0 Å². The van der Waals surface area contributed by atoms with Crippen molar-refractivity contribution in [3.05, 3.63) is 77.7 Å². The summed E-state index contributed by atoms with van der Waals surface area (Å²) in [6.45, 7) is 8.12. The van der Waals surface area contributed by atoms with Crippen molar-refractivity contribution in [2.24, 2.45) is 11.8 Å². The highest BCUT2D eigenvalue weighted by Crippen LogP contribution is 2.30. The van der Waals surface area contributed by atoms with Gasteiger partial charge in [0.25, 0.3) is 0 Å². The fraction of sp³-hybridized carbons (Fsp3) is 0.435. The Morgan fingerprint density at radius 1 is 0.833 bits per heavy atom. The van der Waals surface area contributed by atoms with E-state index in [4.69, 9.17) is 0 Å². The van der Waals surface area contributed by atoms with Gasteiger partial charge in [0.15, 0.2) is 0 Å². The fourth-order valence-corrected chi connectivity index (χ4v) is 4.22. The van der Waals surface area contributed by atoms with Crippen molar-refractivity contribution in [2.45, 2.75) is 39.7 Å². The van der Waals surface area contributed by atoms with Gasteiger partial charge in [0.2, 0.25) is 0 Å². The van der Waals surface area contributed by atoms with Gasteiger partial charge in [-0.25, -0.2) is 0 Å². The number of benzene rings is 2. The molecular weight excluding hydrogens is 290 g/mol. The minimum absolute atomic E-state index is 0.772. The molecule has 0 bridgehead atoms. The number of piperidine rings is 1. The van der Waals surface area contributed by atoms with Crippen LogP contribution in [0, 0.1) is 17.8 Å². The predicted octanol–water partition coefficient (Wildman–Crippen LogP) is 5.37. The molecule has 0 amide bonds. The molecule has 2 atom stereocenters. The molecule has 1 unspecified atom stereocenters. The molecule has 1 fully saturated rings. The zero-order valence-electron chi connectivity index (χ0n) is 15.1. The van der Waals surface area contributed by atoms with E-state index in [9.17, 15) is 0 Å². The van der Waals surface area contributed by atoms with Crippen LogP contribution in [0.1, 0.15) is 37.8 Å². The number of hydrogen-bond acceptors (Lipinski definition) is 1. The Balaban J connectivity index is 1.66. The Bertz CT molecular complexity index is 540. The molecule has 1 aliphatic heterocycles. The molecule has 1 radical (unpaired) electrons. The van der Waals surface area contributed by atoms with Gasteiger partial charge in [-0.2, -0.15) is 0 Å². The Morgan fingerprint density at radius 3 is 2.04 bits per heavy atom. The van der Waals surface area contributed by atoms with E-state index < -0.39 is 0 Å². The topological polar surface area (TPSA) is 3.24 Å². The summed E-state index contributed by atoms with van der Waals surface area (Å²) in [6.07, 6.45) is 3.85. The summed E-state index contributed by atoms with van der Waals surface area (Å²) >= 11 is 0. The third kappa shape index (κ3) is 5.21. The molecule has 1 nitrogen and oxygen atoms in total. The molecule has 24 heavy (non-hydrogen) atoms. The molecule has 0 aliphatic carbocycles. The number of hydrogen-bond donors (Lipinski definition) is 0. The minimum atomic E-state index is 0.772. The van der Waals surface area contributed by atoms with Crippen molar-refractivity contribution in [1.29, 1.82) is 0 Å². The van der Waals surface area contributed by atoms with Crippen LogP contribution in [0.15, 0.2) is 60.7 Å². The smallest absolute Gasteiger partial charge is 0.0233 e. The van der Waals surface area contributed by atoms with E-state index in [0.29, 0.717) is 0 Å². The summed E-state index contributed by atoms with van der Waals surface area (Å²) < 4.78 is 0. The number of nitrogens with zero attached hydrogens (tertiary/aromatic N) is 1. The van der Waals surface area contributed by atoms with E-state index in [-0.39, 0.29) is 0 Å². The zero-order chi connectivity index (χ0) is 16.8. The van der Waals surface area contributed by atoms with Gasteiger partial charge < -0.3 is 0 Å². The maximum atomic E-state index is 2.68. The summed E-state index contributed by atoms with van der Waals surface area (Å²) in [5, 5.41) is 0. The third-order valence-corrected chi connectivity index (χ3v) is 5.01. The molecule has 3 rings (SSSR count). The maximum absolute atomic E-state index is 2.68. The molecule has 2 aromatic rings. The second-order valence-electron chi connectivity index (χ2n) is 7.75. The monoisotopic (exact) mass is 320 g/mol. The van der Waals surface area contributed by atoms with Gasteiger partial charge in [-0.15, -0.1) is 0 Å². The van der Waals surface area contributed by atoms with Crippen LogP contribution in [0.25, 0.3) is 0 Å². The van der Waals surface area contributed by atoms with E-state index >= 15 is 0 Å². The first-order chi connectivity index (χ1) is 11.7. The Labute approximate surface area is 147 Å². The molecule has 0 spiro atoms. The van der Waals surface area contributed by atoms with Crippen molar-refractivity contribution in [3.8, 4) is 0 Å². The summed E-state index contributed by atoms with van der Waals surface area (Å²) in [5.41, 5.74) is 2.92. The number of rotatable bonds is 6. The van der Waals surface area contributed by atoms with Crippen LogP contribution in [0.2, 0.25) is 0 Å². The van der Waals surface area contributed by atoms with Gasteiger partial charge in [0.05, 0.1) is 0 Å². The molecule has 0 saturated carbocycles. The van der Waals surface area contributed by atoms with E-state index in [2.05, 4.69) is 79.4 Å². The highest BCUT2D eigenvalue weighted by molar-refractivity contribution is 5.16. The lowest BCUT2D eigenvalue weighted by Gasteiger charge is -2.38. The number of likely N-dealkylation sites (tertiary alicyclic amines) is 1. The molecule has 0 N–H and O–H groups in total. The van der Waals surface area contributed by atoms with Crippen LogP contribution in [0.4, 0.5) is 0 Å². The molecule has 1 saturated heterocycles. The second-order valence-corrected chi connectivity index (χ2v) is 7.75. The fourth-order valence-electron chi connectivity index (χ4n) is 4.22. The first-order valence-electron chi connectivity index (χ1n) is 9.28. The van der Waals surface area contributed by atoms with Crippen molar-refractivity contribution in [1.82, 2.24) is 4.90 Å². The standard InChI is InChI=1S/C23H30N/c1-19(2)13-22-15-23(14-20-9-5-3-6-10-20)18-24(17-22)16-21-11-7-4-8-12-21/h3-12,22-23H,13-18H2,1-2H3/t22-,23?/m0/s1. The summed E-state index contributed by atoms with van der Waals surface area (Å²) in [7, 11) is 0. The van der Waals surface area contributed by atoms with Crippen LogP contribution in [0.3, 0.4) is 0 Å². The van der Waals surface area contributed by atoms with E-state index in [1.807, 2.05) is 0 Å². The highest BCUT2D eigenvalue weighted by Gasteiger charge is 2.27. The van der Waals surface area contributed by atoms with Crippen LogP contribution >= 0.6 is 0 Å². The molecule has 0 aromatic heterocycles. The van der Waals surface area contributed by atoms with Gasteiger partial charge in [0.1, 0.15) is 0 Å². The van der Waals surface area contributed by atoms with Gasteiger partial charge in [-0.05, 0) is 48.1 Å². The van der Waals surface area contributed by atoms with E-state index in [0.717, 1.165) is 18.4 Å².